The lowest BCUT2D eigenvalue weighted by molar-refractivity contribution is 0.670. The number of fused-ring (bicyclic) bond motifs is 18. The number of hydrogen-bond acceptors (Lipinski definition) is 4. The first-order valence-corrected chi connectivity index (χ1v) is 38.5. The Hall–Kier alpha value is -12.7. The van der Waals surface area contributed by atoms with Gasteiger partial charge in [-0.05, 0) is 89.8 Å². The van der Waals surface area contributed by atoms with Crippen LogP contribution in [0.2, 0.25) is 19.6 Å². The fourth-order valence-corrected chi connectivity index (χ4v) is 18.2. The molecule has 0 aliphatic heterocycles. The van der Waals surface area contributed by atoms with Crippen molar-refractivity contribution in [1.29, 1.82) is 0 Å². The number of aromatic nitrogens is 2. The maximum atomic E-state index is 7.32. The van der Waals surface area contributed by atoms with Crippen LogP contribution in [0.25, 0.3) is 165 Å². The third-order valence-corrected chi connectivity index (χ3v) is 23.6. The van der Waals surface area contributed by atoms with Crippen molar-refractivity contribution >= 4 is 167 Å². The number of anilines is 6. The standard InChI is InChI=1S/C94H64N4O2Si/c1-57-43-45-58(46-44-57)67-31-17-35-73-75-37-21-41-79(93(75)99-91(67)73)95(62-27-13-7-14-28-62)64-49-53-69-71-33-19-39-77-85-84(61-25-11-6-12-26-61)90-86(83(60-23-9-5-10-24-60)89(85)97(87(71)77)81(69)55-64)78-40-20-34-72-70-54-50-65(56-82(70)98(90)88(72)78)96(63-29-15-8-16-30-63)80-42-22-38-76-74-36-18-32-68(92(74)100-94(76)80)59-47-51-66(52-48-59)101(2,3)4/h5-56H,1-4H3. The molecule has 101 heavy (non-hydrogen) atoms. The molecule has 21 aromatic rings. The zero-order valence-electron chi connectivity index (χ0n) is 56.1. The van der Waals surface area contributed by atoms with Gasteiger partial charge in [0, 0.05) is 110 Å². The van der Waals surface area contributed by atoms with Crippen LogP contribution in [0, 0.1) is 6.92 Å². The first-order chi connectivity index (χ1) is 49.7. The molecule has 0 bridgehead atoms. The molecule has 0 fully saturated rings. The van der Waals surface area contributed by atoms with Crippen LogP contribution in [-0.2, 0) is 0 Å². The van der Waals surface area contributed by atoms with Gasteiger partial charge in [0.2, 0.25) is 0 Å². The largest absolute Gasteiger partial charge is 0.453 e. The predicted molar refractivity (Wildman–Crippen MR) is 429 cm³/mol. The summed E-state index contributed by atoms with van der Waals surface area (Å²) in [5.74, 6) is 0. The molecule has 6 nitrogen and oxygen atoms in total. The molecule has 0 amide bonds. The second kappa shape index (κ2) is 21.7. The summed E-state index contributed by atoms with van der Waals surface area (Å²) in [5.41, 5.74) is 26.8. The Kier molecular flexibility index (Phi) is 12.3. The summed E-state index contributed by atoms with van der Waals surface area (Å²) in [5, 5.41) is 15.4. The molecule has 21 rings (SSSR count). The van der Waals surface area contributed by atoms with Gasteiger partial charge in [-0.1, -0.05) is 285 Å². The number of rotatable bonds is 11. The number of benzene rings is 15. The van der Waals surface area contributed by atoms with Crippen LogP contribution in [0.1, 0.15) is 5.56 Å². The van der Waals surface area contributed by atoms with Gasteiger partial charge in [0.05, 0.1) is 52.5 Å². The van der Waals surface area contributed by atoms with E-state index in [1.807, 2.05) is 0 Å². The summed E-state index contributed by atoms with van der Waals surface area (Å²) < 4.78 is 19.8. The molecule has 6 heterocycles. The summed E-state index contributed by atoms with van der Waals surface area (Å²) in [7, 11) is -1.51. The van der Waals surface area contributed by atoms with Crippen LogP contribution in [0.15, 0.2) is 324 Å². The van der Waals surface area contributed by atoms with Gasteiger partial charge in [-0.3, -0.25) is 0 Å². The fourth-order valence-electron chi connectivity index (χ4n) is 17.0. The molecule has 0 unspecified atom stereocenters. The van der Waals surface area contributed by atoms with Gasteiger partial charge in [0.25, 0.3) is 0 Å². The Morgan fingerprint density at radius 1 is 0.277 bits per heavy atom. The van der Waals surface area contributed by atoms with E-state index in [9.17, 15) is 0 Å². The van der Waals surface area contributed by atoms with Gasteiger partial charge >= 0.3 is 0 Å². The monoisotopic (exact) mass is 1310 g/mol. The molecule has 7 heteroatoms. The van der Waals surface area contributed by atoms with E-state index in [-0.39, 0.29) is 0 Å². The topological polar surface area (TPSA) is 41.6 Å². The van der Waals surface area contributed by atoms with Crippen LogP contribution in [0.5, 0.6) is 0 Å². The molecule has 0 saturated heterocycles. The Morgan fingerprint density at radius 2 is 0.644 bits per heavy atom. The number of hydrogen-bond donors (Lipinski definition) is 0. The Morgan fingerprint density at radius 3 is 1.07 bits per heavy atom. The van der Waals surface area contributed by atoms with Crippen molar-refractivity contribution in [3.63, 3.8) is 0 Å². The normalized spacial score (nSPS) is 12.4. The minimum atomic E-state index is -1.51. The smallest absolute Gasteiger partial charge is 0.159 e. The molecular formula is C94H64N4O2Si. The summed E-state index contributed by atoms with van der Waals surface area (Å²) in [6.07, 6.45) is 0. The van der Waals surface area contributed by atoms with Crippen molar-refractivity contribution in [1.82, 2.24) is 8.80 Å². The molecule has 0 saturated carbocycles. The second-order valence-corrected chi connectivity index (χ2v) is 33.4. The lowest BCUT2D eigenvalue weighted by Gasteiger charge is -2.25. The van der Waals surface area contributed by atoms with Gasteiger partial charge in [0.15, 0.2) is 11.2 Å². The van der Waals surface area contributed by atoms with Gasteiger partial charge in [-0.15, -0.1) is 0 Å². The molecular weight excluding hydrogens is 1250 g/mol. The van der Waals surface area contributed by atoms with E-state index in [0.29, 0.717) is 0 Å². The number of furan rings is 2. The third kappa shape index (κ3) is 8.38. The van der Waals surface area contributed by atoms with Crippen molar-refractivity contribution in [2.75, 3.05) is 9.80 Å². The quantitative estimate of drug-likeness (QED) is 0.121. The molecule has 0 aliphatic rings. The molecule has 476 valence electrons. The average molecular weight is 1310 g/mol. The predicted octanol–water partition coefficient (Wildman–Crippen LogP) is 26.2. The van der Waals surface area contributed by atoms with Crippen molar-refractivity contribution in [3.8, 4) is 44.5 Å². The highest BCUT2D eigenvalue weighted by Crippen LogP contribution is 2.56. The second-order valence-electron chi connectivity index (χ2n) is 28.3. The minimum absolute atomic E-state index is 0.834. The fraction of sp³-hybridized carbons (Fsp3) is 0.0426. The first kappa shape index (κ1) is 57.4. The van der Waals surface area contributed by atoms with Gasteiger partial charge < -0.3 is 27.4 Å². The van der Waals surface area contributed by atoms with Crippen molar-refractivity contribution in [3.05, 3.63) is 321 Å². The lowest BCUT2D eigenvalue weighted by atomic mass is 9.89. The molecule has 0 spiro atoms. The summed E-state index contributed by atoms with van der Waals surface area (Å²) in [6.45, 7) is 9.34. The van der Waals surface area contributed by atoms with E-state index in [4.69, 9.17) is 8.83 Å². The highest BCUT2D eigenvalue weighted by molar-refractivity contribution is 6.88. The van der Waals surface area contributed by atoms with E-state index < -0.39 is 8.07 Å². The van der Waals surface area contributed by atoms with Crippen molar-refractivity contribution in [2.24, 2.45) is 0 Å². The number of aryl methyl sites for hydroxylation is 1. The maximum absolute atomic E-state index is 7.32. The highest BCUT2D eigenvalue weighted by atomic mass is 28.3. The van der Waals surface area contributed by atoms with E-state index in [0.717, 1.165) is 122 Å². The Labute approximate surface area is 583 Å². The van der Waals surface area contributed by atoms with Crippen LogP contribution < -0.4 is 15.0 Å². The van der Waals surface area contributed by atoms with E-state index in [2.05, 4.69) is 361 Å². The zero-order valence-corrected chi connectivity index (χ0v) is 57.1. The molecule has 0 N–H and O–H groups in total. The van der Waals surface area contributed by atoms with Crippen molar-refractivity contribution < 1.29 is 8.83 Å². The minimum Gasteiger partial charge on any atom is -0.453 e. The SMILES string of the molecule is Cc1ccc(-c2cccc3c2oc2c(N(c4ccccc4)c4ccc5c6cccc7c8c(-c9ccccc9)c9c(c(-c%10ccccc%10)c8n(c5c4)c67)c4cccc5c6ccc(N(c7ccccc7)c7cccc8c7oc7c(-c%10ccc([Si](C)(C)C)cc%10)cccc78)cc6n9c54)cccc23)cc1. The van der Waals surface area contributed by atoms with Crippen LogP contribution in [0.3, 0.4) is 0 Å². The number of nitrogens with zero attached hydrogens (tertiary/aromatic N) is 4. The van der Waals surface area contributed by atoms with Crippen LogP contribution in [0.4, 0.5) is 34.1 Å². The average Bonchev–Trinajstić information content (AvgIpc) is 1.51. The molecule has 6 aromatic heterocycles. The summed E-state index contributed by atoms with van der Waals surface area (Å²) in [4.78, 5) is 4.79. The zero-order chi connectivity index (χ0) is 66.9. The highest BCUT2D eigenvalue weighted by Gasteiger charge is 2.33. The Bertz CT molecular complexity index is 6900. The van der Waals surface area contributed by atoms with Gasteiger partial charge in [-0.25, -0.2) is 0 Å². The molecule has 0 radical (unpaired) electrons. The van der Waals surface area contributed by atoms with Crippen molar-refractivity contribution in [2.45, 2.75) is 26.6 Å². The summed E-state index contributed by atoms with van der Waals surface area (Å²) in [6, 6.07) is 116. The van der Waals surface area contributed by atoms with Gasteiger partial charge in [-0.2, -0.15) is 0 Å². The van der Waals surface area contributed by atoms with Gasteiger partial charge in [0.1, 0.15) is 11.2 Å². The van der Waals surface area contributed by atoms with E-state index >= 15 is 0 Å². The van der Waals surface area contributed by atoms with E-state index in [1.165, 1.54) is 87.0 Å². The van der Waals surface area contributed by atoms with Crippen LogP contribution in [-0.4, -0.2) is 16.9 Å². The Balaban J connectivity index is 0.838. The van der Waals surface area contributed by atoms with Crippen LogP contribution >= 0.6 is 0 Å². The maximum Gasteiger partial charge on any atom is 0.159 e. The van der Waals surface area contributed by atoms with E-state index in [1.54, 1.807) is 0 Å². The number of para-hydroxylation sites is 8. The lowest BCUT2D eigenvalue weighted by Crippen LogP contribution is -2.37. The third-order valence-electron chi connectivity index (χ3n) is 21.6. The summed E-state index contributed by atoms with van der Waals surface area (Å²) >= 11 is 0. The first-order valence-electron chi connectivity index (χ1n) is 35.0. The molecule has 0 aliphatic carbocycles. The molecule has 15 aromatic carbocycles. The molecule has 0 atom stereocenters.